The molecule has 1 aliphatic heterocycles. The van der Waals surface area contributed by atoms with Crippen LogP contribution < -0.4 is 10.6 Å². The summed E-state index contributed by atoms with van der Waals surface area (Å²) < 4.78 is 12.8. The van der Waals surface area contributed by atoms with Crippen LogP contribution in [0.25, 0.3) is 0 Å². The van der Waals surface area contributed by atoms with Crippen LogP contribution in [-0.4, -0.2) is 25.0 Å². The number of rotatable bonds is 2. The van der Waals surface area contributed by atoms with Gasteiger partial charge in [-0.3, -0.25) is 4.79 Å². The summed E-state index contributed by atoms with van der Waals surface area (Å²) in [6, 6.07) is 3.90. The van der Waals surface area contributed by atoms with Crippen LogP contribution in [-0.2, 0) is 0 Å². The first-order valence-corrected chi connectivity index (χ1v) is 5.51. The van der Waals surface area contributed by atoms with E-state index in [9.17, 15) is 9.18 Å². The first-order chi connectivity index (χ1) is 7.66. The van der Waals surface area contributed by atoms with E-state index in [1.807, 2.05) is 0 Å². The lowest BCUT2D eigenvalue weighted by Crippen LogP contribution is -2.36. The number of halogens is 2. The summed E-state index contributed by atoms with van der Waals surface area (Å²) in [5, 5.41) is 6.13. The highest BCUT2D eigenvalue weighted by molar-refractivity contribution is 6.33. The zero-order valence-electron chi connectivity index (χ0n) is 8.59. The summed E-state index contributed by atoms with van der Waals surface area (Å²) in [6.45, 7) is 1.67. The third-order valence-corrected chi connectivity index (χ3v) is 2.88. The van der Waals surface area contributed by atoms with Crippen LogP contribution in [0.15, 0.2) is 18.2 Å². The lowest BCUT2D eigenvalue weighted by atomic mass is 10.2. The molecule has 2 N–H and O–H groups in total. The molecule has 1 amide bonds. The molecule has 1 atom stereocenters. The van der Waals surface area contributed by atoms with Crippen molar-refractivity contribution in [2.45, 2.75) is 12.5 Å². The Balaban J connectivity index is 2.08. The molecule has 3 nitrogen and oxygen atoms in total. The summed E-state index contributed by atoms with van der Waals surface area (Å²) in [5.74, 6) is -0.692. The largest absolute Gasteiger partial charge is 0.348 e. The molecule has 5 heteroatoms. The predicted molar refractivity (Wildman–Crippen MR) is 60.2 cm³/mol. The van der Waals surface area contributed by atoms with Crippen molar-refractivity contribution in [1.82, 2.24) is 10.6 Å². The van der Waals surface area contributed by atoms with Gasteiger partial charge in [-0.15, -0.1) is 0 Å². The molecule has 0 bridgehead atoms. The highest BCUT2D eigenvalue weighted by atomic mass is 35.5. The molecule has 1 saturated heterocycles. The molecule has 2 rings (SSSR count). The quantitative estimate of drug-likeness (QED) is 0.827. The van der Waals surface area contributed by atoms with Gasteiger partial charge in [0.1, 0.15) is 5.82 Å². The molecule has 1 heterocycles. The van der Waals surface area contributed by atoms with Gasteiger partial charge >= 0.3 is 0 Å². The number of nitrogens with one attached hydrogen (secondary N) is 2. The lowest BCUT2D eigenvalue weighted by molar-refractivity contribution is 0.0940. The van der Waals surface area contributed by atoms with E-state index in [2.05, 4.69) is 10.6 Å². The molecule has 1 aromatic carbocycles. The van der Waals surface area contributed by atoms with Crippen molar-refractivity contribution >= 4 is 17.5 Å². The predicted octanol–water partition coefficient (Wildman–Crippen LogP) is 1.57. The van der Waals surface area contributed by atoms with E-state index in [0.29, 0.717) is 5.56 Å². The maximum Gasteiger partial charge on any atom is 0.253 e. The number of benzene rings is 1. The molecule has 86 valence electrons. The van der Waals surface area contributed by atoms with E-state index in [4.69, 9.17) is 11.6 Å². The molecule has 1 aromatic rings. The first kappa shape index (κ1) is 11.4. The molecule has 0 saturated carbocycles. The van der Waals surface area contributed by atoms with Crippen molar-refractivity contribution in [2.75, 3.05) is 13.1 Å². The molecule has 1 aliphatic rings. The van der Waals surface area contributed by atoms with Crippen LogP contribution in [0.1, 0.15) is 16.8 Å². The number of carbonyl (C=O) groups excluding carboxylic acids is 1. The smallest absolute Gasteiger partial charge is 0.253 e. The van der Waals surface area contributed by atoms with Gasteiger partial charge in [-0.1, -0.05) is 11.6 Å². The van der Waals surface area contributed by atoms with Gasteiger partial charge in [0.05, 0.1) is 10.6 Å². The average Bonchev–Trinajstić information content (AvgIpc) is 2.70. The Morgan fingerprint density at radius 3 is 3.00 bits per heavy atom. The summed E-state index contributed by atoms with van der Waals surface area (Å²) >= 11 is 5.79. The maximum atomic E-state index is 12.8. The summed E-state index contributed by atoms with van der Waals surface area (Å²) in [4.78, 5) is 11.8. The molecular weight excluding hydrogens is 231 g/mol. The Morgan fingerprint density at radius 1 is 1.56 bits per heavy atom. The Bertz CT molecular complexity index is 405. The van der Waals surface area contributed by atoms with E-state index in [0.717, 1.165) is 25.6 Å². The van der Waals surface area contributed by atoms with Gasteiger partial charge in [-0.2, -0.15) is 0 Å². The van der Waals surface area contributed by atoms with Gasteiger partial charge in [0.25, 0.3) is 5.91 Å². The molecule has 0 aliphatic carbocycles. The third-order valence-electron chi connectivity index (χ3n) is 2.57. The first-order valence-electron chi connectivity index (χ1n) is 5.13. The summed E-state index contributed by atoms with van der Waals surface area (Å²) in [6.07, 6.45) is 0.907. The monoisotopic (exact) mass is 242 g/mol. The SMILES string of the molecule is O=C(N[C@@H]1CCNC1)c1ccc(F)cc1Cl. The second-order valence-corrected chi connectivity index (χ2v) is 4.19. The van der Waals surface area contributed by atoms with Crippen molar-refractivity contribution in [3.05, 3.63) is 34.6 Å². The van der Waals surface area contributed by atoms with E-state index in [1.165, 1.54) is 12.1 Å². The van der Waals surface area contributed by atoms with E-state index >= 15 is 0 Å². The van der Waals surface area contributed by atoms with Gasteiger partial charge in [0, 0.05) is 12.6 Å². The highest BCUT2D eigenvalue weighted by Crippen LogP contribution is 2.17. The second-order valence-electron chi connectivity index (χ2n) is 3.79. The molecule has 16 heavy (non-hydrogen) atoms. The van der Waals surface area contributed by atoms with Gasteiger partial charge in [0.15, 0.2) is 0 Å². The number of hydrogen-bond acceptors (Lipinski definition) is 2. The fourth-order valence-electron chi connectivity index (χ4n) is 1.71. The summed E-state index contributed by atoms with van der Waals surface area (Å²) in [5.41, 5.74) is 0.315. The Morgan fingerprint density at radius 2 is 2.38 bits per heavy atom. The standard InChI is InChI=1S/C11H12ClFN2O/c12-10-5-7(13)1-2-9(10)11(16)15-8-3-4-14-6-8/h1-2,5,8,14H,3-4,6H2,(H,15,16)/t8-/m1/s1. The summed E-state index contributed by atoms with van der Waals surface area (Å²) in [7, 11) is 0. The minimum absolute atomic E-state index is 0.133. The lowest BCUT2D eigenvalue weighted by Gasteiger charge is -2.11. The van der Waals surface area contributed by atoms with Crippen molar-refractivity contribution in [2.24, 2.45) is 0 Å². The van der Waals surface area contributed by atoms with Gasteiger partial charge in [-0.05, 0) is 31.2 Å². The maximum absolute atomic E-state index is 12.8. The normalized spacial score (nSPS) is 19.8. The van der Waals surface area contributed by atoms with Gasteiger partial charge < -0.3 is 10.6 Å². The fraction of sp³-hybridized carbons (Fsp3) is 0.364. The topological polar surface area (TPSA) is 41.1 Å². The van der Waals surface area contributed by atoms with Crippen LogP contribution in [0, 0.1) is 5.82 Å². The third kappa shape index (κ3) is 2.51. The van der Waals surface area contributed by atoms with Crippen LogP contribution >= 0.6 is 11.6 Å². The average molecular weight is 243 g/mol. The zero-order valence-corrected chi connectivity index (χ0v) is 9.35. The van der Waals surface area contributed by atoms with E-state index < -0.39 is 5.82 Å². The van der Waals surface area contributed by atoms with Crippen LogP contribution in [0.3, 0.4) is 0 Å². The van der Waals surface area contributed by atoms with Crippen molar-refractivity contribution < 1.29 is 9.18 Å². The minimum Gasteiger partial charge on any atom is -0.348 e. The van der Waals surface area contributed by atoms with Crippen molar-refractivity contribution in [3.63, 3.8) is 0 Å². The Kier molecular flexibility index (Phi) is 3.41. The molecule has 0 unspecified atom stereocenters. The Hall–Kier alpha value is -1.13. The van der Waals surface area contributed by atoms with Crippen molar-refractivity contribution in [3.8, 4) is 0 Å². The fourth-order valence-corrected chi connectivity index (χ4v) is 1.97. The van der Waals surface area contributed by atoms with Crippen LogP contribution in [0.2, 0.25) is 5.02 Å². The zero-order chi connectivity index (χ0) is 11.5. The van der Waals surface area contributed by atoms with Crippen LogP contribution in [0.4, 0.5) is 4.39 Å². The highest BCUT2D eigenvalue weighted by Gasteiger charge is 2.19. The number of hydrogen-bond donors (Lipinski definition) is 2. The van der Waals surface area contributed by atoms with Gasteiger partial charge in [0.2, 0.25) is 0 Å². The number of amides is 1. The van der Waals surface area contributed by atoms with Crippen molar-refractivity contribution in [1.29, 1.82) is 0 Å². The molecule has 0 aromatic heterocycles. The molecule has 1 fully saturated rings. The minimum atomic E-state index is -0.441. The second kappa shape index (κ2) is 4.80. The Labute approximate surface area is 98.0 Å². The van der Waals surface area contributed by atoms with Gasteiger partial charge in [-0.25, -0.2) is 4.39 Å². The number of carbonyl (C=O) groups is 1. The molecule has 0 spiro atoms. The van der Waals surface area contributed by atoms with Crippen LogP contribution in [0.5, 0.6) is 0 Å². The van der Waals surface area contributed by atoms with E-state index in [1.54, 1.807) is 0 Å². The molecular formula is C11H12ClFN2O. The van der Waals surface area contributed by atoms with E-state index in [-0.39, 0.29) is 17.0 Å². The molecule has 0 radical (unpaired) electrons.